The minimum atomic E-state index is -0.335. The molecule has 0 atom stereocenters. The minimum Gasteiger partial charge on any atom is -0.872 e. The number of hydrogen-bond acceptors (Lipinski definition) is 7. The first kappa shape index (κ1) is 37.6. The van der Waals surface area contributed by atoms with Gasteiger partial charge >= 0.3 is 0 Å². The second kappa shape index (κ2) is 15.2. The molecule has 2 aliphatic carbocycles. The molecule has 0 saturated heterocycles. The summed E-state index contributed by atoms with van der Waals surface area (Å²) < 4.78 is 2.36. The van der Waals surface area contributed by atoms with Crippen LogP contribution in [0.5, 0.6) is 0 Å². The van der Waals surface area contributed by atoms with Crippen LogP contribution in [0.3, 0.4) is 0 Å². The summed E-state index contributed by atoms with van der Waals surface area (Å²) in [6.45, 7) is 20.1. The van der Waals surface area contributed by atoms with Gasteiger partial charge in [-0.15, -0.1) is 0 Å². The number of nitrogens with zero attached hydrogens (tertiary/aromatic N) is 4. The smallest absolute Gasteiger partial charge is 0.270 e. The van der Waals surface area contributed by atoms with Crippen molar-refractivity contribution < 1.29 is 9.68 Å². The lowest BCUT2D eigenvalue weighted by molar-refractivity contribution is -0.527. The molecule has 5 aromatic carbocycles. The Morgan fingerprint density at radius 3 is 1.61 bits per heavy atom. The van der Waals surface area contributed by atoms with Crippen LogP contribution in [0.1, 0.15) is 81.2 Å². The van der Waals surface area contributed by atoms with Gasteiger partial charge in [-0.25, -0.2) is 14.7 Å². The van der Waals surface area contributed by atoms with Crippen molar-refractivity contribution in [3.63, 3.8) is 0 Å². The van der Waals surface area contributed by atoms with Crippen molar-refractivity contribution in [2.24, 2.45) is 0 Å². The number of benzene rings is 5. The minimum absolute atomic E-state index is 0.212. The molecule has 282 valence electrons. The van der Waals surface area contributed by atoms with Gasteiger partial charge in [0.15, 0.2) is 0 Å². The molecule has 0 saturated carbocycles. The standard InChI is InChI=1S/C47H48N8O/c1-6-22-54(23-7-2)45-27-14-10-18-31(49)36(27)41(37-28(45)15-11-19-32(37)50)43-40(35(26-48)53-5)44(47(43)56)42-38-29(16-12-20-33(38)51)46(55(24-8-3)25-9-4)30-17-13-21-34(52)39(30)42/h10-21H,6-9,22-25,49-52H2,1-4H3. The summed E-state index contributed by atoms with van der Waals surface area (Å²) >= 11 is 0. The molecule has 0 fully saturated rings. The van der Waals surface area contributed by atoms with Gasteiger partial charge in [-0.05, 0) is 60.4 Å². The van der Waals surface area contributed by atoms with E-state index in [0.717, 1.165) is 85.2 Å². The van der Waals surface area contributed by atoms with E-state index >= 15 is 5.11 Å². The number of allylic oxidation sites excluding steroid dienone is 3. The van der Waals surface area contributed by atoms with Crippen LogP contribution < -0.4 is 32.9 Å². The van der Waals surface area contributed by atoms with Gasteiger partial charge in [-0.1, -0.05) is 69.9 Å². The highest BCUT2D eigenvalue weighted by Crippen LogP contribution is 2.57. The van der Waals surface area contributed by atoms with Gasteiger partial charge in [0, 0.05) is 98.1 Å². The molecule has 0 unspecified atom stereocenters. The Balaban J connectivity index is 1.70. The van der Waals surface area contributed by atoms with Gasteiger partial charge in [0.2, 0.25) is 5.71 Å². The fourth-order valence-corrected chi connectivity index (χ4v) is 8.92. The van der Waals surface area contributed by atoms with Gasteiger partial charge in [0.05, 0.1) is 29.5 Å². The van der Waals surface area contributed by atoms with Crippen molar-refractivity contribution in [2.45, 2.75) is 53.4 Å². The van der Waals surface area contributed by atoms with E-state index in [2.05, 4.69) is 48.1 Å². The van der Waals surface area contributed by atoms with Crippen LogP contribution in [0.15, 0.2) is 95.4 Å². The van der Waals surface area contributed by atoms with E-state index in [1.165, 1.54) is 0 Å². The molecule has 0 aromatic heterocycles. The third-order valence-electron chi connectivity index (χ3n) is 10.9. The zero-order valence-electron chi connectivity index (χ0n) is 32.6. The summed E-state index contributed by atoms with van der Waals surface area (Å²) in [5.41, 5.74) is 36.1. The summed E-state index contributed by atoms with van der Waals surface area (Å²) in [5, 5.41) is 29.2. The first-order valence-corrected chi connectivity index (χ1v) is 19.5. The summed E-state index contributed by atoms with van der Waals surface area (Å²) in [7, 11) is 0. The molecule has 0 spiro atoms. The van der Waals surface area contributed by atoms with Crippen LogP contribution >= 0.6 is 0 Å². The highest BCUT2D eigenvalue weighted by Gasteiger charge is 2.41. The molecule has 0 radical (unpaired) electrons. The first-order chi connectivity index (χ1) is 27.2. The predicted molar refractivity (Wildman–Crippen MR) is 231 cm³/mol. The highest BCUT2D eigenvalue weighted by molar-refractivity contribution is 6.28. The van der Waals surface area contributed by atoms with E-state index in [0.29, 0.717) is 55.8 Å². The number of nitrogens with two attached hydrogens (primary N) is 4. The Bertz CT molecular complexity index is 2520. The Morgan fingerprint density at radius 1 is 0.679 bits per heavy atom. The molecular weight excluding hydrogens is 693 g/mol. The van der Waals surface area contributed by atoms with Crippen molar-refractivity contribution in [3.8, 4) is 6.07 Å². The fourth-order valence-electron chi connectivity index (χ4n) is 8.92. The molecular formula is C47H48N8O. The van der Waals surface area contributed by atoms with Gasteiger partial charge in [0.25, 0.3) is 5.70 Å². The number of nitriles is 1. The van der Waals surface area contributed by atoms with Gasteiger partial charge in [-0.2, -0.15) is 0 Å². The fraction of sp³-hybridized carbons (Fsp3) is 0.255. The quantitative estimate of drug-likeness (QED) is 0.0362. The summed E-state index contributed by atoms with van der Waals surface area (Å²) in [4.78, 5) is 6.11. The first-order valence-electron chi connectivity index (χ1n) is 19.5. The molecule has 9 nitrogen and oxygen atoms in total. The van der Waals surface area contributed by atoms with E-state index in [-0.39, 0.29) is 28.2 Å². The van der Waals surface area contributed by atoms with Crippen LogP contribution in [-0.4, -0.2) is 36.5 Å². The van der Waals surface area contributed by atoms with E-state index in [4.69, 9.17) is 29.5 Å². The molecule has 0 amide bonds. The molecule has 2 aliphatic rings. The summed E-state index contributed by atoms with van der Waals surface area (Å²) in [6, 6.07) is 25.2. The van der Waals surface area contributed by atoms with Crippen LogP contribution in [0.4, 0.5) is 28.4 Å². The second-order valence-corrected chi connectivity index (χ2v) is 14.5. The Labute approximate surface area is 329 Å². The maximum absolute atomic E-state index is 15.5. The van der Waals surface area contributed by atoms with Crippen molar-refractivity contribution in [3.05, 3.63) is 135 Å². The van der Waals surface area contributed by atoms with Crippen LogP contribution in [0, 0.1) is 17.9 Å². The average Bonchev–Trinajstić information content (AvgIpc) is 3.18. The highest BCUT2D eigenvalue weighted by atomic mass is 16.3. The number of anilines is 5. The molecule has 9 heteroatoms. The van der Waals surface area contributed by atoms with Crippen LogP contribution in [-0.2, 0) is 0 Å². The molecule has 0 aliphatic heterocycles. The lowest BCUT2D eigenvalue weighted by Gasteiger charge is -2.41. The van der Waals surface area contributed by atoms with Gasteiger partial charge in [0.1, 0.15) is 13.1 Å². The van der Waals surface area contributed by atoms with E-state index < -0.39 is 0 Å². The second-order valence-electron chi connectivity index (χ2n) is 14.5. The lowest BCUT2D eigenvalue weighted by atomic mass is 9.68. The lowest BCUT2D eigenvalue weighted by Crippen LogP contribution is -2.32. The molecule has 5 aromatic rings. The van der Waals surface area contributed by atoms with E-state index in [9.17, 15) is 5.26 Å². The van der Waals surface area contributed by atoms with Crippen LogP contribution in [0.25, 0.3) is 37.5 Å². The third kappa shape index (κ3) is 5.70. The van der Waals surface area contributed by atoms with Crippen LogP contribution in [0.2, 0.25) is 0 Å². The number of hydrogen-bond donors (Lipinski definition) is 4. The van der Waals surface area contributed by atoms with E-state index in [1.807, 2.05) is 72.8 Å². The summed E-state index contributed by atoms with van der Waals surface area (Å²) in [5.74, 6) is -0.335. The monoisotopic (exact) mass is 740 g/mol. The average molecular weight is 741 g/mol. The Kier molecular flexibility index (Phi) is 10.2. The maximum Gasteiger partial charge on any atom is 0.270 e. The Morgan fingerprint density at radius 2 is 1.16 bits per heavy atom. The molecule has 0 heterocycles. The van der Waals surface area contributed by atoms with E-state index in [1.54, 1.807) is 0 Å². The number of nitrogen functional groups attached to an aromatic ring is 4. The zero-order chi connectivity index (χ0) is 39.8. The SMILES string of the molecule is [C-]#[N+]/C(C#N)=C1\C(=C2c3c(N)cccc3C(=[N+](CCC)CCC)c3cccc(N)c32)C([O-])=C1c1c2c(N)cccc2c(N(CCC)CCC)c2cccc(N)c12. The largest absolute Gasteiger partial charge is 0.872 e. The molecule has 8 N–H and O–H groups in total. The van der Waals surface area contributed by atoms with Crippen molar-refractivity contribution in [2.75, 3.05) is 54.0 Å². The topological polar surface area (TPSA) is 162 Å². The third-order valence-corrected chi connectivity index (χ3v) is 10.9. The van der Waals surface area contributed by atoms with Crippen molar-refractivity contribution >= 4 is 66.8 Å². The normalized spacial score (nSPS) is 14.3. The molecule has 56 heavy (non-hydrogen) atoms. The zero-order valence-corrected chi connectivity index (χ0v) is 32.6. The van der Waals surface area contributed by atoms with Gasteiger partial charge < -0.3 is 32.9 Å². The maximum atomic E-state index is 15.5. The summed E-state index contributed by atoms with van der Waals surface area (Å²) in [6.07, 6.45) is 3.70. The predicted octanol–water partition coefficient (Wildman–Crippen LogP) is 8.22. The number of fused-ring (bicyclic) bond motifs is 4. The number of rotatable bonds is 10. The Hall–Kier alpha value is -6.71. The molecule has 7 rings (SSSR count). The van der Waals surface area contributed by atoms with Crippen molar-refractivity contribution in [1.82, 2.24) is 0 Å². The van der Waals surface area contributed by atoms with Gasteiger partial charge in [-0.3, -0.25) is 0 Å². The van der Waals surface area contributed by atoms with Crippen molar-refractivity contribution in [1.29, 1.82) is 5.26 Å². The molecule has 0 bridgehead atoms.